The van der Waals surface area contributed by atoms with E-state index in [4.69, 9.17) is 4.74 Å². The van der Waals surface area contributed by atoms with Gasteiger partial charge in [-0.05, 0) is 37.6 Å². The molecule has 0 atom stereocenters. The summed E-state index contributed by atoms with van der Waals surface area (Å²) in [6.45, 7) is 3.04. The number of amides is 2. The fraction of sp³-hybridized carbons (Fsp3) is 0.235. The van der Waals surface area contributed by atoms with E-state index < -0.39 is 0 Å². The van der Waals surface area contributed by atoms with Gasteiger partial charge in [-0.1, -0.05) is 29.8 Å². The number of anilines is 1. The molecule has 0 aliphatic heterocycles. The first-order valence-electron chi connectivity index (χ1n) is 7.17. The van der Waals surface area contributed by atoms with Gasteiger partial charge in [-0.2, -0.15) is 0 Å². The van der Waals surface area contributed by atoms with Crippen LogP contribution < -0.4 is 15.4 Å². The van der Waals surface area contributed by atoms with Crippen molar-refractivity contribution in [3.05, 3.63) is 54.1 Å². The van der Waals surface area contributed by atoms with Crippen LogP contribution in [0, 0.1) is 6.92 Å². The fourth-order valence-corrected chi connectivity index (χ4v) is 1.84. The second-order valence-corrected chi connectivity index (χ2v) is 4.91. The van der Waals surface area contributed by atoms with Crippen LogP contribution in [-0.2, 0) is 0 Å². The van der Waals surface area contributed by atoms with Gasteiger partial charge in [0.15, 0.2) is 0 Å². The van der Waals surface area contributed by atoms with Gasteiger partial charge in [0.2, 0.25) is 0 Å². The SMILES string of the molecule is Cc1ccc(OCCCNC(=O)Nc2ccccc2O)cc1. The Morgan fingerprint density at radius 2 is 1.86 bits per heavy atom. The summed E-state index contributed by atoms with van der Waals surface area (Å²) >= 11 is 0. The third kappa shape index (κ3) is 5.01. The minimum atomic E-state index is -0.350. The highest BCUT2D eigenvalue weighted by Crippen LogP contribution is 2.21. The van der Waals surface area contributed by atoms with Crippen LogP contribution in [0.5, 0.6) is 11.5 Å². The van der Waals surface area contributed by atoms with Gasteiger partial charge in [-0.25, -0.2) is 4.79 Å². The molecule has 3 N–H and O–H groups in total. The first-order valence-corrected chi connectivity index (χ1v) is 7.17. The maximum Gasteiger partial charge on any atom is 0.319 e. The maximum atomic E-state index is 11.7. The summed E-state index contributed by atoms with van der Waals surface area (Å²) in [4.78, 5) is 11.7. The third-order valence-electron chi connectivity index (χ3n) is 3.05. The van der Waals surface area contributed by atoms with Gasteiger partial charge in [0.1, 0.15) is 11.5 Å². The first-order chi connectivity index (χ1) is 10.6. The Labute approximate surface area is 129 Å². The topological polar surface area (TPSA) is 70.6 Å². The molecule has 0 heterocycles. The number of hydrogen-bond acceptors (Lipinski definition) is 3. The molecule has 0 fully saturated rings. The molecular weight excluding hydrogens is 280 g/mol. The van der Waals surface area contributed by atoms with E-state index in [0.29, 0.717) is 25.3 Å². The number of phenols is 1. The number of hydrogen-bond donors (Lipinski definition) is 3. The largest absolute Gasteiger partial charge is 0.506 e. The van der Waals surface area contributed by atoms with Crippen LogP contribution in [0.4, 0.5) is 10.5 Å². The van der Waals surface area contributed by atoms with Crippen molar-refractivity contribution >= 4 is 11.7 Å². The first kappa shape index (κ1) is 15.7. The molecule has 0 aliphatic carbocycles. The van der Waals surface area contributed by atoms with Crippen molar-refractivity contribution in [3.8, 4) is 11.5 Å². The second-order valence-electron chi connectivity index (χ2n) is 4.91. The molecule has 5 nitrogen and oxygen atoms in total. The lowest BCUT2D eigenvalue weighted by atomic mass is 10.2. The second kappa shape index (κ2) is 7.93. The van der Waals surface area contributed by atoms with Crippen LogP contribution in [0.1, 0.15) is 12.0 Å². The van der Waals surface area contributed by atoms with Crippen molar-refractivity contribution in [1.29, 1.82) is 0 Å². The molecule has 22 heavy (non-hydrogen) atoms. The molecule has 116 valence electrons. The summed E-state index contributed by atoms with van der Waals surface area (Å²) in [5, 5.41) is 14.8. The Balaban J connectivity index is 1.63. The van der Waals surface area contributed by atoms with E-state index in [9.17, 15) is 9.90 Å². The zero-order valence-electron chi connectivity index (χ0n) is 12.5. The highest BCUT2D eigenvalue weighted by molar-refractivity contribution is 5.90. The molecule has 0 bridgehead atoms. The number of rotatable bonds is 6. The molecule has 0 saturated carbocycles. The van der Waals surface area contributed by atoms with E-state index in [1.54, 1.807) is 18.2 Å². The summed E-state index contributed by atoms with van der Waals surface area (Å²) in [5.41, 5.74) is 1.57. The highest BCUT2D eigenvalue weighted by atomic mass is 16.5. The van der Waals surface area contributed by atoms with Crippen LogP contribution in [0.15, 0.2) is 48.5 Å². The minimum Gasteiger partial charge on any atom is -0.506 e. The lowest BCUT2D eigenvalue weighted by Crippen LogP contribution is -2.30. The van der Waals surface area contributed by atoms with Crippen molar-refractivity contribution in [2.75, 3.05) is 18.5 Å². The zero-order valence-corrected chi connectivity index (χ0v) is 12.5. The average Bonchev–Trinajstić information content (AvgIpc) is 2.51. The van der Waals surface area contributed by atoms with Gasteiger partial charge in [-0.15, -0.1) is 0 Å². The van der Waals surface area contributed by atoms with Gasteiger partial charge in [-0.3, -0.25) is 0 Å². The number of phenolic OH excluding ortho intramolecular Hbond substituents is 1. The van der Waals surface area contributed by atoms with Crippen LogP contribution in [0.25, 0.3) is 0 Å². The molecular formula is C17H20N2O3. The minimum absolute atomic E-state index is 0.0420. The van der Waals surface area contributed by atoms with E-state index in [-0.39, 0.29) is 11.8 Å². The maximum absolute atomic E-state index is 11.7. The van der Waals surface area contributed by atoms with Crippen molar-refractivity contribution in [2.45, 2.75) is 13.3 Å². The van der Waals surface area contributed by atoms with Crippen molar-refractivity contribution in [2.24, 2.45) is 0 Å². The number of ether oxygens (including phenoxy) is 1. The smallest absolute Gasteiger partial charge is 0.319 e. The molecule has 2 aromatic rings. The number of carbonyl (C=O) groups excluding carboxylic acids is 1. The summed E-state index contributed by atoms with van der Waals surface area (Å²) in [7, 11) is 0. The Hall–Kier alpha value is -2.69. The number of aryl methyl sites for hydroxylation is 1. The summed E-state index contributed by atoms with van der Waals surface area (Å²) in [5.74, 6) is 0.865. The van der Waals surface area contributed by atoms with Gasteiger partial charge >= 0.3 is 6.03 Å². The summed E-state index contributed by atoms with van der Waals surface area (Å²) in [6.07, 6.45) is 0.696. The number of aromatic hydroxyl groups is 1. The van der Waals surface area contributed by atoms with E-state index in [1.807, 2.05) is 31.2 Å². The molecule has 2 amide bonds. The molecule has 0 spiro atoms. The quantitative estimate of drug-likeness (QED) is 0.566. The molecule has 2 aromatic carbocycles. The third-order valence-corrected chi connectivity index (χ3v) is 3.05. The zero-order chi connectivity index (χ0) is 15.8. The standard InChI is InChI=1S/C17H20N2O3/c1-13-7-9-14(10-8-13)22-12-4-11-18-17(21)19-15-5-2-3-6-16(15)20/h2-3,5-10,20H,4,11-12H2,1H3,(H2,18,19,21). The van der Waals surface area contributed by atoms with Crippen molar-refractivity contribution in [3.63, 3.8) is 0 Å². The normalized spacial score (nSPS) is 10.0. The number of carbonyl (C=O) groups is 1. The van der Waals surface area contributed by atoms with Crippen LogP contribution in [0.3, 0.4) is 0 Å². The Bertz CT molecular complexity index is 612. The van der Waals surface area contributed by atoms with Crippen LogP contribution >= 0.6 is 0 Å². The predicted molar refractivity (Wildman–Crippen MR) is 86.4 cm³/mol. The summed E-state index contributed by atoms with van der Waals surface area (Å²) in [6, 6.07) is 14.1. The number of nitrogens with one attached hydrogen (secondary N) is 2. The van der Waals surface area contributed by atoms with Crippen molar-refractivity contribution in [1.82, 2.24) is 5.32 Å². The lowest BCUT2D eigenvalue weighted by Gasteiger charge is -2.09. The Morgan fingerprint density at radius 3 is 2.59 bits per heavy atom. The van der Waals surface area contributed by atoms with E-state index >= 15 is 0 Å². The monoisotopic (exact) mass is 300 g/mol. The number of urea groups is 1. The fourth-order valence-electron chi connectivity index (χ4n) is 1.84. The summed E-state index contributed by atoms with van der Waals surface area (Å²) < 4.78 is 5.57. The molecule has 0 aliphatic rings. The molecule has 0 unspecified atom stereocenters. The van der Waals surface area contributed by atoms with E-state index in [2.05, 4.69) is 10.6 Å². The van der Waals surface area contributed by atoms with Gasteiger partial charge in [0.05, 0.1) is 12.3 Å². The molecule has 2 rings (SSSR count). The molecule has 0 saturated heterocycles. The van der Waals surface area contributed by atoms with Gasteiger partial charge in [0, 0.05) is 6.54 Å². The molecule has 0 radical (unpaired) electrons. The van der Waals surface area contributed by atoms with E-state index in [0.717, 1.165) is 5.75 Å². The lowest BCUT2D eigenvalue weighted by molar-refractivity contribution is 0.250. The Morgan fingerprint density at radius 1 is 1.14 bits per heavy atom. The average molecular weight is 300 g/mol. The van der Waals surface area contributed by atoms with Crippen LogP contribution in [0.2, 0.25) is 0 Å². The number of para-hydroxylation sites is 2. The Kier molecular flexibility index (Phi) is 5.65. The van der Waals surface area contributed by atoms with Gasteiger partial charge < -0.3 is 20.5 Å². The van der Waals surface area contributed by atoms with Gasteiger partial charge in [0.25, 0.3) is 0 Å². The molecule has 0 aromatic heterocycles. The highest BCUT2D eigenvalue weighted by Gasteiger charge is 2.04. The predicted octanol–water partition coefficient (Wildman–Crippen LogP) is 3.29. The van der Waals surface area contributed by atoms with E-state index in [1.165, 1.54) is 11.6 Å². The number of benzene rings is 2. The molecule has 5 heteroatoms. The van der Waals surface area contributed by atoms with Crippen molar-refractivity contribution < 1.29 is 14.6 Å². The van der Waals surface area contributed by atoms with Crippen LogP contribution in [-0.4, -0.2) is 24.3 Å².